The molecule has 2 aromatic carbocycles. The summed E-state index contributed by atoms with van der Waals surface area (Å²) >= 11 is 0. The standard InChI is InChI=1S/C15H14F2O/c1-10-6-7-12(14(17)8-10)15(18)9-11-4-2-3-5-13(11)16/h2-8,15,18H,9H2,1H3. The lowest BCUT2D eigenvalue weighted by Gasteiger charge is -2.13. The van der Waals surface area contributed by atoms with Gasteiger partial charge in [0, 0.05) is 12.0 Å². The lowest BCUT2D eigenvalue weighted by Crippen LogP contribution is -2.06. The van der Waals surface area contributed by atoms with Gasteiger partial charge in [0.2, 0.25) is 0 Å². The summed E-state index contributed by atoms with van der Waals surface area (Å²) in [5.41, 5.74) is 1.36. The molecule has 94 valence electrons. The van der Waals surface area contributed by atoms with E-state index in [1.807, 2.05) is 0 Å². The van der Waals surface area contributed by atoms with Gasteiger partial charge in [-0.05, 0) is 30.2 Å². The van der Waals surface area contributed by atoms with Gasteiger partial charge < -0.3 is 5.11 Å². The smallest absolute Gasteiger partial charge is 0.129 e. The van der Waals surface area contributed by atoms with Crippen molar-refractivity contribution < 1.29 is 13.9 Å². The molecule has 0 saturated carbocycles. The maximum atomic E-state index is 13.7. The highest BCUT2D eigenvalue weighted by molar-refractivity contribution is 5.27. The lowest BCUT2D eigenvalue weighted by molar-refractivity contribution is 0.172. The van der Waals surface area contributed by atoms with E-state index in [2.05, 4.69) is 0 Å². The molecule has 3 heteroatoms. The molecule has 18 heavy (non-hydrogen) atoms. The highest BCUT2D eigenvalue weighted by Crippen LogP contribution is 2.23. The molecule has 0 aliphatic heterocycles. The summed E-state index contributed by atoms with van der Waals surface area (Å²) in [6.45, 7) is 1.77. The fourth-order valence-corrected chi connectivity index (χ4v) is 1.88. The molecule has 2 rings (SSSR count). The SMILES string of the molecule is Cc1ccc(C(O)Cc2ccccc2F)c(F)c1. The predicted octanol–water partition coefficient (Wildman–Crippen LogP) is 3.55. The van der Waals surface area contributed by atoms with Crippen molar-refractivity contribution in [2.75, 3.05) is 0 Å². The summed E-state index contributed by atoms with van der Waals surface area (Å²) in [7, 11) is 0. The van der Waals surface area contributed by atoms with Crippen LogP contribution in [0.15, 0.2) is 42.5 Å². The minimum absolute atomic E-state index is 0.0622. The van der Waals surface area contributed by atoms with Crippen molar-refractivity contribution in [2.45, 2.75) is 19.4 Å². The van der Waals surface area contributed by atoms with Gasteiger partial charge >= 0.3 is 0 Å². The molecule has 0 bridgehead atoms. The Kier molecular flexibility index (Phi) is 3.72. The Morgan fingerprint density at radius 1 is 1.06 bits per heavy atom. The van der Waals surface area contributed by atoms with Crippen molar-refractivity contribution in [3.63, 3.8) is 0 Å². The monoisotopic (exact) mass is 248 g/mol. The van der Waals surface area contributed by atoms with Crippen LogP contribution in [0.3, 0.4) is 0 Å². The molecular weight excluding hydrogens is 234 g/mol. The number of hydrogen-bond donors (Lipinski definition) is 1. The van der Waals surface area contributed by atoms with E-state index < -0.39 is 11.9 Å². The van der Waals surface area contributed by atoms with E-state index in [-0.39, 0.29) is 17.8 Å². The molecule has 2 aromatic rings. The third-order valence-corrected chi connectivity index (χ3v) is 2.89. The summed E-state index contributed by atoms with van der Waals surface area (Å²) in [6, 6.07) is 10.8. The van der Waals surface area contributed by atoms with Crippen molar-refractivity contribution in [1.29, 1.82) is 0 Å². The second-order valence-corrected chi connectivity index (χ2v) is 4.34. The second kappa shape index (κ2) is 5.27. The van der Waals surface area contributed by atoms with E-state index in [1.54, 1.807) is 31.2 Å². The average Bonchev–Trinajstić information content (AvgIpc) is 2.32. The van der Waals surface area contributed by atoms with Gasteiger partial charge in [-0.25, -0.2) is 8.78 Å². The Labute approximate surface area is 105 Å². The van der Waals surface area contributed by atoms with E-state index >= 15 is 0 Å². The summed E-state index contributed by atoms with van der Waals surface area (Å²) in [4.78, 5) is 0. The van der Waals surface area contributed by atoms with E-state index in [1.165, 1.54) is 18.2 Å². The van der Waals surface area contributed by atoms with E-state index in [9.17, 15) is 13.9 Å². The highest BCUT2D eigenvalue weighted by atomic mass is 19.1. The molecule has 0 aliphatic carbocycles. The third-order valence-electron chi connectivity index (χ3n) is 2.89. The second-order valence-electron chi connectivity index (χ2n) is 4.34. The number of aryl methyl sites for hydroxylation is 1. The van der Waals surface area contributed by atoms with Crippen LogP contribution in [0.4, 0.5) is 8.78 Å². The summed E-state index contributed by atoms with van der Waals surface area (Å²) < 4.78 is 27.1. The van der Waals surface area contributed by atoms with Crippen molar-refractivity contribution >= 4 is 0 Å². The van der Waals surface area contributed by atoms with Crippen LogP contribution >= 0.6 is 0 Å². The average molecular weight is 248 g/mol. The molecule has 0 saturated heterocycles. The van der Waals surface area contributed by atoms with Crippen LogP contribution in [0.2, 0.25) is 0 Å². The number of rotatable bonds is 3. The Bertz CT molecular complexity index is 552. The number of hydrogen-bond acceptors (Lipinski definition) is 1. The molecule has 0 heterocycles. The molecule has 0 aromatic heterocycles. The molecule has 1 nitrogen and oxygen atoms in total. The van der Waals surface area contributed by atoms with Gasteiger partial charge in [0.1, 0.15) is 11.6 Å². The van der Waals surface area contributed by atoms with Crippen LogP contribution in [0.1, 0.15) is 22.8 Å². The maximum Gasteiger partial charge on any atom is 0.129 e. The van der Waals surface area contributed by atoms with Crippen LogP contribution < -0.4 is 0 Å². The predicted molar refractivity (Wildman–Crippen MR) is 66.2 cm³/mol. The first kappa shape index (κ1) is 12.7. The number of benzene rings is 2. The summed E-state index contributed by atoms with van der Waals surface area (Å²) in [6.07, 6.45) is -0.977. The Morgan fingerprint density at radius 2 is 1.78 bits per heavy atom. The molecule has 0 radical (unpaired) electrons. The quantitative estimate of drug-likeness (QED) is 0.880. The molecule has 1 unspecified atom stereocenters. The van der Waals surface area contributed by atoms with Crippen LogP contribution in [-0.2, 0) is 6.42 Å². The number of aliphatic hydroxyl groups is 1. The van der Waals surface area contributed by atoms with Crippen molar-refractivity contribution in [3.05, 3.63) is 70.8 Å². The zero-order valence-electron chi connectivity index (χ0n) is 10.0. The summed E-state index contributed by atoms with van der Waals surface area (Å²) in [5, 5.41) is 9.96. The Morgan fingerprint density at radius 3 is 2.44 bits per heavy atom. The normalized spacial score (nSPS) is 12.4. The van der Waals surface area contributed by atoms with Gasteiger partial charge in [-0.2, -0.15) is 0 Å². The zero-order valence-corrected chi connectivity index (χ0v) is 10.0. The van der Waals surface area contributed by atoms with Crippen molar-refractivity contribution in [3.8, 4) is 0 Å². The number of halogens is 2. The van der Waals surface area contributed by atoms with Gasteiger partial charge in [0.15, 0.2) is 0 Å². The first-order valence-electron chi connectivity index (χ1n) is 5.75. The topological polar surface area (TPSA) is 20.2 Å². The largest absolute Gasteiger partial charge is 0.388 e. The van der Waals surface area contributed by atoms with Gasteiger partial charge in [0.05, 0.1) is 6.10 Å². The van der Waals surface area contributed by atoms with E-state index in [0.29, 0.717) is 5.56 Å². The number of aliphatic hydroxyl groups excluding tert-OH is 1. The van der Waals surface area contributed by atoms with E-state index in [4.69, 9.17) is 0 Å². The van der Waals surface area contributed by atoms with Gasteiger partial charge in [0.25, 0.3) is 0 Å². The van der Waals surface area contributed by atoms with Crippen LogP contribution in [0, 0.1) is 18.6 Å². The van der Waals surface area contributed by atoms with Crippen LogP contribution in [-0.4, -0.2) is 5.11 Å². The third kappa shape index (κ3) is 2.74. The molecule has 0 fully saturated rings. The minimum Gasteiger partial charge on any atom is -0.388 e. The van der Waals surface area contributed by atoms with Crippen molar-refractivity contribution in [1.82, 2.24) is 0 Å². The van der Waals surface area contributed by atoms with Crippen LogP contribution in [0.5, 0.6) is 0 Å². The Hall–Kier alpha value is -1.74. The van der Waals surface area contributed by atoms with Crippen LogP contribution in [0.25, 0.3) is 0 Å². The lowest BCUT2D eigenvalue weighted by atomic mass is 10.00. The molecule has 1 atom stereocenters. The van der Waals surface area contributed by atoms with Crippen molar-refractivity contribution in [2.24, 2.45) is 0 Å². The molecular formula is C15H14F2O. The van der Waals surface area contributed by atoms with Gasteiger partial charge in [-0.15, -0.1) is 0 Å². The molecule has 1 N–H and O–H groups in total. The Balaban J connectivity index is 2.22. The molecule has 0 aliphatic rings. The highest BCUT2D eigenvalue weighted by Gasteiger charge is 2.15. The molecule has 0 spiro atoms. The first-order valence-corrected chi connectivity index (χ1v) is 5.75. The maximum absolute atomic E-state index is 13.7. The fraction of sp³-hybridized carbons (Fsp3) is 0.200. The summed E-state index contributed by atoms with van der Waals surface area (Å²) in [5.74, 6) is -0.845. The first-order chi connectivity index (χ1) is 8.58. The fourth-order valence-electron chi connectivity index (χ4n) is 1.88. The molecule has 0 amide bonds. The van der Waals surface area contributed by atoms with Gasteiger partial charge in [-0.1, -0.05) is 30.3 Å². The zero-order chi connectivity index (χ0) is 13.1. The van der Waals surface area contributed by atoms with E-state index in [0.717, 1.165) is 5.56 Å². The van der Waals surface area contributed by atoms with Gasteiger partial charge in [-0.3, -0.25) is 0 Å². The minimum atomic E-state index is -1.04.